The molecule has 1 amide bonds. The summed E-state index contributed by atoms with van der Waals surface area (Å²) in [6.45, 7) is 2.47. The molecule has 21 heavy (non-hydrogen) atoms. The Morgan fingerprint density at radius 2 is 2.43 bits per heavy atom. The van der Waals surface area contributed by atoms with Crippen LogP contribution in [0.4, 0.5) is 0 Å². The Morgan fingerprint density at radius 1 is 1.57 bits per heavy atom. The third-order valence-electron chi connectivity index (χ3n) is 4.33. The van der Waals surface area contributed by atoms with E-state index in [-0.39, 0.29) is 5.91 Å². The SMILES string of the molecule is CC1CCCC(O)(CNC(=O)c2ccc3nc[nH]c3c2)C1. The molecule has 3 rings (SSSR count). The Bertz CT molecular complexity index is 652. The molecule has 0 radical (unpaired) electrons. The number of aliphatic hydroxyl groups is 1. The number of nitrogens with one attached hydrogen (secondary N) is 2. The Morgan fingerprint density at radius 3 is 3.24 bits per heavy atom. The highest BCUT2D eigenvalue weighted by Gasteiger charge is 2.32. The molecule has 0 aliphatic heterocycles. The van der Waals surface area contributed by atoms with Gasteiger partial charge in [0, 0.05) is 12.1 Å². The average Bonchev–Trinajstić information content (AvgIpc) is 2.92. The summed E-state index contributed by atoms with van der Waals surface area (Å²) >= 11 is 0. The molecule has 0 spiro atoms. The number of carbonyl (C=O) groups is 1. The summed E-state index contributed by atoms with van der Waals surface area (Å²) in [6.07, 6.45) is 5.31. The predicted octanol–water partition coefficient (Wildman–Crippen LogP) is 2.23. The first-order valence-corrected chi connectivity index (χ1v) is 7.49. The molecule has 1 saturated carbocycles. The molecule has 1 aromatic carbocycles. The number of hydrogen-bond donors (Lipinski definition) is 3. The van der Waals surface area contributed by atoms with Gasteiger partial charge in [-0.2, -0.15) is 0 Å². The zero-order valence-electron chi connectivity index (χ0n) is 12.2. The first kappa shape index (κ1) is 14.1. The van der Waals surface area contributed by atoms with Crippen LogP contribution in [0.25, 0.3) is 11.0 Å². The molecule has 1 aliphatic carbocycles. The van der Waals surface area contributed by atoms with E-state index in [1.807, 2.05) is 6.07 Å². The molecule has 1 heterocycles. The zero-order valence-corrected chi connectivity index (χ0v) is 12.2. The Kier molecular flexibility index (Phi) is 3.68. The molecule has 2 aromatic rings. The van der Waals surface area contributed by atoms with Crippen molar-refractivity contribution in [3.63, 3.8) is 0 Å². The summed E-state index contributed by atoms with van der Waals surface area (Å²) in [4.78, 5) is 19.3. The van der Waals surface area contributed by atoms with Gasteiger partial charge in [0.25, 0.3) is 5.91 Å². The lowest BCUT2D eigenvalue weighted by atomic mass is 9.79. The summed E-state index contributed by atoms with van der Waals surface area (Å²) in [6, 6.07) is 5.36. The number of hydrogen-bond acceptors (Lipinski definition) is 3. The molecule has 2 atom stereocenters. The maximum Gasteiger partial charge on any atom is 0.251 e. The van der Waals surface area contributed by atoms with E-state index in [0.717, 1.165) is 36.7 Å². The normalized spacial score (nSPS) is 25.9. The monoisotopic (exact) mass is 287 g/mol. The minimum Gasteiger partial charge on any atom is -0.388 e. The van der Waals surface area contributed by atoms with Gasteiger partial charge in [0.2, 0.25) is 0 Å². The highest BCUT2D eigenvalue weighted by Crippen LogP contribution is 2.31. The lowest BCUT2D eigenvalue weighted by Gasteiger charge is -2.35. The third-order valence-corrected chi connectivity index (χ3v) is 4.33. The number of nitrogens with zero attached hydrogens (tertiary/aromatic N) is 1. The molecule has 112 valence electrons. The van der Waals surface area contributed by atoms with E-state index in [0.29, 0.717) is 18.0 Å². The predicted molar refractivity (Wildman–Crippen MR) is 81.0 cm³/mol. The molecule has 1 aliphatic rings. The molecule has 3 N–H and O–H groups in total. The van der Waals surface area contributed by atoms with E-state index in [1.165, 1.54) is 0 Å². The van der Waals surface area contributed by atoms with Gasteiger partial charge in [-0.15, -0.1) is 0 Å². The maximum absolute atomic E-state index is 12.2. The van der Waals surface area contributed by atoms with Crippen LogP contribution in [0.1, 0.15) is 43.0 Å². The van der Waals surface area contributed by atoms with E-state index < -0.39 is 5.60 Å². The van der Waals surface area contributed by atoms with Crippen LogP contribution in [0.5, 0.6) is 0 Å². The number of rotatable bonds is 3. The first-order chi connectivity index (χ1) is 10.1. The lowest BCUT2D eigenvalue weighted by molar-refractivity contribution is -0.0109. The van der Waals surface area contributed by atoms with Crippen molar-refractivity contribution < 1.29 is 9.90 Å². The van der Waals surface area contributed by atoms with Crippen molar-refractivity contribution in [1.82, 2.24) is 15.3 Å². The third kappa shape index (κ3) is 3.08. The largest absolute Gasteiger partial charge is 0.388 e. The van der Waals surface area contributed by atoms with Gasteiger partial charge < -0.3 is 15.4 Å². The fourth-order valence-corrected chi connectivity index (χ4v) is 3.22. The van der Waals surface area contributed by atoms with E-state index in [4.69, 9.17) is 0 Å². The van der Waals surface area contributed by atoms with Crippen molar-refractivity contribution in [3.8, 4) is 0 Å². The van der Waals surface area contributed by atoms with Crippen molar-refractivity contribution in [2.45, 2.75) is 38.2 Å². The zero-order chi connectivity index (χ0) is 14.9. The minimum absolute atomic E-state index is 0.154. The number of fused-ring (bicyclic) bond motifs is 1. The van der Waals surface area contributed by atoms with Crippen molar-refractivity contribution in [2.75, 3.05) is 6.54 Å². The Balaban J connectivity index is 1.65. The van der Waals surface area contributed by atoms with Crippen LogP contribution in [-0.2, 0) is 0 Å². The number of aromatic nitrogens is 2. The summed E-state index contributed by atoms with van der Waals surface area (Å²) in [5, 5.41) is 13.4. The van der Waals surface area contributed by atoms with E-state index in [2.05, 4.69) is 22.2 Å². The number of benzene rings is 1. The van der Waals surface area contributed by atoms with Crippen LogP contribution in [0.2, 0.25) is 0 Å². The van der Waals surface area contributed by atoms with Gasteiger partial charge in [-0.25, -0.2) is 4.98 Å². The van der Waals surface area contributed by atoms with Crippen molar-refractivity contribution in [2.24, 2.45) is 5.92 Å². The second-order valence-corrected chi connectivity index (χ2v) is 6.24. The first-order valence-electron chi connectivity index (χ1n) is 7.49. The topological polar surface area (TPSA) is 78.0 Å². The van der Waals surface area contributed by atoms with Gasteiger partial charge in [-0.3, -0.25) is 4.79 Å². The number of H-pyrrole nitrogens is 1. The van der Waals surface area contributed by atoms with Crippen LogP contribution < -0.4 is 5.32 Å². The van der Waals surface area contributed by atoms with Crippen molar-refractivity contribution in [3.05, 3.63) is 30.1 Å². The number of imidazole rings is 1. The van der Waals surface area contributed by atoms with Gasteiger partial charge in [0.05, 0.1) is 23.0 Å². The molecule has 5 heteroatoms. The van der Waals surface area contributed by atoms with Crippen molar-refractivity contribution >= 4 is 16.9 Å². The van der Waals surface area contributed by atoms with E-state index in [1.54, 1.807) is 18.5 Å². The van der Waals surface area contributed by atoms with Crippen LogP contribution >= 0.6 is 0 Å². The van der Waals surface area contributed by atoms with Gasteiger partial charge in [-0.05, 0) is 37.0 Å². The smallest absolute Gasteiger partial charge is 0.251 e. The standard InChI is InChI=1S/C16H21N3O2/c1-11-3-2-6-16(21,8-11)9-17-15(20)12-4-5-13-14(7-12)19-10-18-13/h4-5,7,10-11,21H,2-3,6,8-9H2,1H3,(H,17,20)(H,18,19). The summed E-state index contributed by atoms with van der Waals surface area (Å²) < 4.78 is 0. The molecule has 0 saturated heterocycles. The highest BCUT2D eigenvalue weighted by molar-refractivity contribution is 5.97. The maximum atomic E-state index is 12.2. The van der Waals surface area contributed by atoms with Gasteiger partial charge in [-0.1, -0.05) is 19.8 Å². The van der Waals surface area contributed by atoms with Crippen LogP contribution in [-0.4, -0.2) is 33.1 Å². The quantitative estimate of drug-likeness (QED) is 0.810. The number of carbonyl (C=O) groups excluding carboxylic acids is 1. The molecular formula is C16H21N3O2. The summed E-state index contributed by atoms with van der Waals surface area (Å²) in [7, 11) is 0. The molecular weight excluding hydrogens is 266 g/mol. The van der Waals surface area contributed by atoms with Gasteiger partial charge >= 0.3 is 0 Å². The van der Waals surface area contributed by atoms with Crippen LogP contribution in [0, 0.1) is 5.92 Å². The minimum atomic E-state index is -0.759. The van der Waals surface area contributed by atoms with Crippen LogP contribution in [0.3, 0.4) is 0 Å². The molecule has 1 fully saturated rings. The summed E-state index contributed by atoms with van der Waals surface area (Å²) in [5.74, 6) is 0.361. The number of aromatic amines is 1. The molecule has 1 aromatic heterocycles. The molecule has 0 bridgehead atoms. The average molecular weight is 287 g/mol. The molecule has 5 nitrogen and oxygen atoms in total. The fraction of sp³-hybridized carbons (Fsp3) is 0.500. The van der Waals surface area contributed by atoms with E-state index in [9.17, 15) is 9.90 Å². The fourth-order valence-electron chi connectivity index (χ4n) is 3.22. The second-order valence-electron chi connectivity index (χ2n) is 6.24. The summed E-state index contributed by atoms with van der Waals surface area (Å²) in [5.41, 5.74) is 1.50. The van der Waals surface area contributed by atoms with Crippen molar-refractivity contribution in [1.29, 1.82) is 0 Å². The van der Waals surface area contributed by atoms with Gasteiger partial charge in [0.1, 0.15) is 0 Å². The van der Waals surface area contributed by atoms with E-state index >= 15 is 0 Å². The molecule has 2 unspecified atom stereocenters. The van der Waals surface area contributed by atoms with Gasteiger partial charge in [0.15, 0.2) is 0 Å². The Hall–Kier alpha value is -1.88. The number of amides is 1. The second kappa shape index (κ2) is 5.48. The lowest BCUT2D eigenvalue weighted by Crippen LogP contribution is -2.45. The Labute approximate surface area is 123 Å². The highest BCUT2D eigenvalue weighted by atomic mass is 16.3. The van der Waals surface area contributed by atoms with Crippen LogP contribution in [0.15, 0.2) is 24.5 Å².